The van der Waals surface area contributed by atoms with Crippen LogP contribution in [0.1, 0.15) is 31.2 Å². The highest BCUT2D eigenvalue weighted by Crippen LogP contribution is 2.29. The smallest absolute Gasteiger partial charge is 0.303 e. The fourth-order valence-corrected chi connectivity index (χ4v) is 2.13. The van der Waals surface area contributed by atoms with E-state index in [0.29, 0.717) is 31.1 Å². The molecule has 1 aliphatic rings. The van der Waals surface area contributed by atoms with Crippen LogP contribution in [0, 0.1) is 11.6 Å². The zero-order valence-electron chi connectivity index (χ0n) is 10.6. The number of carbonyl (C=O) groups is 1. The normalized spacial score (nSPS) is 14.9. The van der Waals surface area contributed by atoms with Crippen molar-refractivity contribution in [2.75, 3.05) is 6.54 Å². The lowest BCUT2D eigenvalue weighted by atomic mass is 10.2. The highest BCUT2D eigenvalue weighted by molar-refractivity contribution is 5.66. The molecule has 1 aromatic rings. The zero-order valence-corrected chi connectivity index (χ0v) is 10.6. The average Bonchev–Trinajstić information content (AvgIpc) is 3.14. The SMILES string of the molecule is O=C(O)CCCN(Cc1ccc(F)cc1F)C1CC1. The van der Waals surface area contributed by atoms with Crippen LogP contribution in [0.3, 0.4) is 0 Å². The van der Waals surface area contributed by atoms with Gasteiger partial charge in [-0.2, -0.15) is 0 Å². The van der Waals surface area contributed by atoms with Gasteiger partial charge in [0.15, 0.2) is 0 Å². The second kappa shape index (κ2) is 6.10. The minimum atomic E-state index is -0.816. The Morgan fingerprint density at radius 1 is 1.37 bits per heavy atom. The van der Waals surface area contributed by atoms with Gasteiger partial charge in [0.25, 0.3) is 0 Å². The van der Waals surface area contributed by atoms with Gasteiger partial charge in [0.2, 0.25) is 0 Å². The van der Waals surface area contributed by atoms with E-state index in [0.717, 1.165) is 18.9 Å². The molecule has 1 fully saturated rings. The third kappa shape index (κ3) is 4.28. The monoisotopic (exact) mass is 269 g/mol. The Kier molecular flexibility index (Phi) is 4.47. The summed E-state index contributed by atoms with van der Waals surface area (Å²) in [5, 5.41) is 8.62. The molecule has 5 heteroatoms. The van der Waals surface area contributed by atoms with Gasteiger partial charge in [-0.3, -0.25) is 9.69 Å². The van der Waals surface area contributed by atoms with Crippen molar-refractivity contribution in [2.45, 2.75) is 38.3 Å². The Morgan fingerprint density at radius 3 is 2.68 bits per heavy atom. The van der Waals surface area contributed by atoms with E-state index in [1.165, 1.54) is 12.1 Å². The molecule has 0 aromatic heterocycles. The lowest BCUT2D eigenvalue weighted by molar-refractivity contribution is -0.137. The molecule has 0 aliphatic heterocycles. The number of hydrogen-bond acceptors (Lipinski definition) is 2. The first kappa shape index (κ1) is 13.9. The van der Waals surface area contributed by atoms with Crippen LogP contribution in [0.4, 0.5) is 8.78 Å². The predicted octanol–water partition coefficient (Wildman–Crippen LogP) is 2.79. The molecule has 2 rings (SSSR count). The lowest BCUT2D eigenvalue weighted by Gasteiger charge is -2.22. The molecule has 0 heterocycles. The molecule has 0 radical (unpaired) electrons. The summed E-state index contributed by atoms with van der Waals surface area (Å²) < 4.78 is 26.4. The first-order valence-electron chi connectivity index (χ1n) is 6.46. The summed E-state index contributed by atoms with van der Waals surface area (Å²) in [7, 11) is 0. The van der Waals surface area contributed by atoms with Gasteiger partial charge in [-0.25, -0.2) is 8.78 Å². The van der Waals surface area contributed by atoms with Crippen molar-refractivity contribution >= 4 is 5.97 Å². The van der Waals surface area contributed by atoms with E-state index in [1.54, 1.807) is 0 Å². The number of halogens is 2. The Morgan fingerprint density at radius 2 is 2.11 bits per heavy atom. The highest BCUT2D eigenvalue weighted by atomic mass is 19.1. The number of rotatable bonds is 7. The van der Waals surface area contributed by atoms with Gasteiger partial charge in [0.05, 0.1) is 0 Å². The fraction of sp³-hybridized carbons (Fsp3) is 0.500. The largest absolute Gasteiger partial charge is 0.481 e. The fourth-order valence-electron chi connectivity index (χ4n) is 2.13. The first-order chi connectivity index (χ1) is 9.06. The van der Waals surface area contributed by atoms with Crippen LogP contribution in [0.15, 0.2) is 18.2 Å². The second-order valence-corrected chi connectivity index (χ2v) is 4.93. The number of aliphatic carboxylic acids is 1. The van der Waals surface area contributed by atoms with E-state index in [9.17, 15) is 13.6 Å². The molecule has 1 aliphatic carbocycles. The number of nitrogens with zero attached hydrogens (tertiary/aromatic N) is 1. The van der Waals surface area contributed by atoms with Crippen LogP contribution in [0.2, 0.25) is 0 Å². The molecule has 0 atom stereocenters. The van der Waals surface area contributed by atoms with Crippen LogP contribution in [0.25, 0.3) is 0 Å². The first-order valence-corrected chi connectivity index (χ1v) is 6.46. The van der Waals surface area contributed by atoms with E-state index in [1.807, 2.05) is 0 Å². The molecule has 3 nitrogen and oxygen atoms in total. The molecular formula is C14H17F2NO2. The third-order valence-corrected chi connectivity index (χ3v) is 3.29. The highest BCUT2D eigenvalue weighted by Gasteiger charge is 2.29. The molecule has 104 valence electrons. The van der Waals surface area contributed by atoms with Gasteiger partial charge in [-0.1, -0.05) is 6.07 Å². The third-order valence-electron chi connectivity index (χ3n) is 3.29. The van der Waals surface area contributed by atoms with Crippen LogP contribution in [-0.4, -0.2) is 28.6 Å². The van der Waals surface area contributed by atoms with Gasteiger partial charge in [0.1, 0.15) is 11.6 Å². The molecule has 1 saturated carbocycles. The van der Waals surface area contributed by atoms with Crippen molar-refractivity contribution in [3.8, 4) is 0 Å². The second-order valence-electron chi connectivity index (χ2n) is 4.93. The maximum Gasteiger partial charge on any atom is 0.303 e. The lowest BCUT2D eigenvalue weighted by Crippen LogP contribution is -2.27. The predicted molar refractivity (Wildman–Crippen MR) is 66.7 cm³/mol. The Labute approximate surface area is 110 Å². The van der Waals surface area contributed by atoms with Crippen LogP contribution in [0.5, 0.6) is 0 Å². The van der Waals surface area contributed by atoms with Gasteiger partial charge in [-0.15, -0.1) is 0 Å². The summed E-state index contributed by atoms with van der Waals surface area (Å²) in [6, 6.07) is 4.01. The van der Waals surface area contributed by atoms with E-state index in [-0.39, 0.29) is 6.42 Å². The quantitative estimate of drug-likeness (QED) is 0.827. The summed E-state index contributed by atoms with van der Waals surface area (Å²) in [6.45, 7) is 1.05. The number of carboxylic acid groups (broad SMARTS) is 1. The molecule has 0 unspecified atom stereocenters. The number of benzene rings is 1. The van der Waals surface area contributed by atoms with Gasteiger partial charge in [-0.05, 0) is 31.9 Å². The topological polar surface area (TPSA) is 40.5 Å². The Balaban J connectivity index is 1.94. The van der Waals surface area contributed by atoms with E-state index >= 15 is 0 Å². The van der Waals surface area contributed by atoms with Gasteiger partial charge >= 0.3 is 5.97 Å². The molecule has 0 amide bonds. The Bertz CT molecular complexity index is 461. The van der Waals surface area contributed by atoms with Crippen molar-refractivity contribution < 1.29 is 18.7 Å². The Hall–Kier alpha value is -1.49. The summed E-state index contributed by atoms with van der Waals surface area (Å²) in [4.78, 5) is 12.6. The van der Waals surface area contributed by atoms with Crippen molar-refractivity contribution in [1.29, 1.82) is 0 Å². The molecule has 0 spiro atoms. The van der Waals surface area contributed by atoms with Gasteiger partial charge < -0.3 is 5.11 Å². The average molecular weight is 269 g/mol. The zero-order chi connectivity index (χ0) is 13.8. The van der Waals surface area contributed by atoms with Crippen LogP contribution >= 0.6 is 0 Å². The standard InChI is InChI=1S/C14H17F2NO2/c15-11-4-3-10(13(16)8-11)9-17(12-5-6-12)7-1-2-14(18)19/h3-4,8,12H,1-2,5-7,9H2,(H,18,19). The number of hydrogen-bond donors (Lipinski definition) is 1. The van der Waals surface area contributed by atoms with Crippen molar-refractivity contribution in [2.24, 2.45) is 0 Å². The summed E-state index contributed by atoms with van der Waals surface area (Å²) in [5.41, 5.74) is 0.462. The van der Waals surface area contributed by atoms with Crippen LogP contribution < -0.4 is 0 Å². The minimum Gasteiger partial charge on any atom is -0.481 e. The summed E-state index contributed by atoms with van der Waals surface area (Å²) >= 11 is 0. The molecule has 1 N–H and O–H groups in total. The van der Waals surface area contributed by atoms with E-state index in [4.69, 9.17) is 5.11 Å². The molecular weight excluding hydrogens is 252 g/mol. The number of carboxylic acids is 1. The van der Waals surface area contributed by atoms with Gasteiger partial charge in [0, 0.05) is 30.6 Å². The van der Waals surface area contributed by atoms with E-state index in [2.05, 4.69) is 4.90 Å². The van der Waals surface area contributed by atoms with Crippen molar-refractivity contribution in [3.63, 3.8) is 0 Å². The van der Waals surface area contributed by atoms with Crippen LogP contribution in [-0.2, 0) is 11.3 Å². The molecule has 0 saturated heterocycles. The van der Waals surface area contributed by atoms with Crippen molar-refractivity contribution in [3.05, 3.63) is 35.4 Å². The molecule has 1 aromatic carbocycles. The van der Waals surface area contributed by atoms with Crippen molar-refractivity contribution in [1.82, 2.24) is 4.90 Å². The maximum atomic E-state index is 13.6. The summed E-state index contributed by atoms with van der Waals surface area (Å²) in [6.07, 6.45) is 2.80. The molecule has 0 bridgehead atoms. The maximum absolute atomic E-state index is 13.6. The van der Waals surface area contributed by atoms with E-state index < -0.39 is 17.6 Å². The summed E-state index contributed by atoms with van der Waals surface area (Å²) in [5.74, 6) is -1.93. The minimum absolute atomic E-state index is 0.120. The molecule has 19 heavy (non-hydrogen) atoms.